The first-order chi connectivity index (χ1) is 13.8. The van der Waals surface area contributed by atoms with E-state index in [1.54, 1.807) is 7.11 Å². The number of aryl methyl sites for hydroxylation is 1. The number of methoxy groups -OCH3 is 1. The number of guanidine groups is 1. The Morgan fingerprint density at radius 2 is 2.17 bits per heavy atom. The summed E-state index contributed by atoms with van der Waals surface area (Å²) in [6.45, 7) is 7.24. The van der Waals surface area contributed by atoms with Crippen molar-refractivity contribution < 1.29 is 9.47 Å². The zero-order valence-electron chi connectivity index (χ0n) is 17.9. The molecule has 1 aromatic heterocycles. The molecule has 1 atom stereocenters. The molecular formula is C22H35IN4O2. The van der Waals surface area contributed by atoms with Gasteiger partial charge in [-0.1, -0.05) is 25.1 Å². The quantitative estimate of drug-likeness (QED) is 0.233. The topological polar surface area (TPSA) is 61.9 Å². The first kappa shape index (κ1) is 24.0. The molecule has 162 valence electrons. The van der Waals surface area contributed by atoms with Crippen LogP contribution in [0.25, 0.3) is 10.9 Å². The number of aromatic amines is 1. The molecule has 1 saturated heterocycles. The Bertz CT molecular complexity index is 777. The molecule has 0 bridgehead atoms. The van der Waals surface area contributed by atoms with Crippen molar-refractivity contribution in [1.82, 2.24) is 15.2 Å². The normalized spacial score (nSPS) is 17.0. The van der Waals surface area contributed by atoms with Gasteiger partial charge in [0, 0.05) is 56.8 Å². The number of halogens is 1. The second kappa shape index (κ2) is 12.4. The van der Waals surface area contributed by atoms with Crippen LogP contribution in [-0.2, 0) is 22.3 Å². The van der Waals surface area contributed by atoms with Gasteiger partial charge in [0.25, 0.3) is 0 Å². The van der Waals surface area contributed by atoms with Crippen molar-refractivity contribution in [2.45, 2.75) is 26.2 Å². The van der Waals surface area contributed by atoms with Gasteiger partial charge in [-0.05, 0) is 30.4 Å². The Labute approximate surface area is 191 Å². The van der Waals surface area contributed by atoms with Crippen LogP contribution < -0.4 is 5.32 Å². The highest BCUT2D eigenvalue weighted by atomic mass is 127. The number of likely N-dealkylation sites (tertiary alicyclic amines) is 1. The van der Waals surface area contributed by atoms with Crippen LogP contribution in [-0.4, -0.2) is 69.5 Å². The number of aromatic nitrogens is 1. The van der Waals surface area contributed by atoms with Crippen molar-refractivity contribution >= 4 is 40.8 Å². The summed E-state index contributed by atoms with van der Waals surface area (Å²) in [4.78, 5) is 10.3. The smallest absolute Gasteiger partial charge is 0.193 e. The van der Waals surface area contributed by atoms with Crippen molar-refractivity contribution in [3.63, 3.8) is 0 Å². The zero-order valence-corrected chi connectivity index (χ0v) is 20.2. The number of benzene rings is 1. The van der Waals surface area contributed by atoms with Crippen LogP contribution >= 0.6 is 24.0 Å². The minimum absolute atomic E-state index is 0. The van der Waals surface area contributed by atoms with Crippen LogP contribution in [0.1, 0.15) is 24.5 Å². The van der Waals surface area contributed by atoms with Crippen LogP contribution in [0.15, 0.2) is 29.4 Å². The van der Waals surface area contributed by atoms with Gasteiger partial charge >= 0.3 is 0 Å². The van der Waals surface area contributed by atoms with Gasteiger partial charge in [-0.25, -0.2) is 0 Å². The molecule has 2 N–H and O–H groups in total. The van der Waals surface area contributed by atoms with Gasteiger partial charge in [-0.2, -0.15) is 0 Å². The summed E-state index contributed by atoms with van der Waals surface area (Å²) in [6.07, 6.45) is 5.32. The summed E-state index contributed by atoms with van der Waals surface area (Å²) >= 11 is 0. The summed E-state index contributed by atoms with van der Waals surface area (Å²) in [7, 11) is 3.57. The maximum Gasteiger partial charge on any atom is 0.193 e. The summed E-state index contributed by atoms with van der Waals surface area (Å²) in [5, 5.41) is 4.88. The van der Waals surface area contributed by atoms with Crippen LogP contribution in [0.3, 0.4) is 0 Å². The SMILES string of the molecule is CCc1cccc2c(CCNC(=NC)N3CCC(COCCOC)C3)c[nH]c12.I. The summed E-state index contributed by atoms with van der Waals surface area (Å²) in [6, 6.07) is 6.57. The van der Waals surface area contributed by atoms with E-state index in [0.29, 0.717) is 19.1 Å². The molecule has 1 aliphatic rings. The van der Waals surface area contributed by atoms with E-state index < -0.39 is 0 Å². The molecule has 7 heteroatoms. The van der Waals surface area contributed by atoms with Crippen LogP contribution in [0.2, 0.25) is 0 Å². The fourth-order valence-corrected chi connectivity index (χ4v) is 3.97. The lowest BCUT2D eigenvalue weighted by Gasteiger charge is -2.21. The molecule has 1 aliphatic heterocycles. The molecule has 6 nitrogen and oxygen atoms in total. The lowest BCUT2D eigenvalue weighted by molar-refractivity contribution is 0.0536. The molecule has 29 heavy (non-hydrogen) atoms. The molecule has 3 rings (SSSR count). The second-order valence-electron chi connectivity index (χ2n) is 7.40. The van der Waals surface area contributed by atoms with Crippen LogP contribution in [0.5, 0.6) is 0 Å². The molecule has 2 heterocycles. The highest BCUT2D eigenvalue weighted by Crippen LogP contribution is 2.22. The largest absolute Gasteiger partial charge is 0.382 e. The van der Waals surface area contributed by atoms with Crippen molar-refractivity contribution in [3.05, 3.63) is 35.5 Å². The Morgan fingerprint density at radius 1 is 1.31 bits per heavy atom. The van der Waals surface area contributed by atoms with E-state index in [1.165, 1.54) is 22.0 Å². The van der Waals surface area contributed by atoms with E-state index in [2.05, 4.69) is 51.5 Å². The summed E-state index contributed by atoms with van der Waals surface area (Å²) in [5.74, 6) is 1.56. The minimum Gasteiger partial charge on any atom is -0.382 e. The monoisotopic (exact) mass is 514 g/mol. The highest BCUT2D eigenvalue weighted by Gasteiger charge is 2.24. The van der Waals surface area contributed by atoms with Crippen LogP contribution in [0.4, 0.5) is 0 Å². The number of hydrogen-bond acceptors (Lipinski definition) is 3. The van der Waals surface area contributed by atoms with Gasteiger partial charge in [0.2, 0.25) is 0 Å². The minimum atomic E-state index is 0. The van der Waals surface area contributed by atoms with Gasteiger partial charge in [-0.15, -0.1) is 24.0 Å². The number of hydrogen-bond donors (Lipinski definition) is 2. The molecule has 0 aliphatic carbocycles. The zero-order chi connectivity index (χ0) is 19.8. The maximum atomic E-state index is 5.69. The molecule has 0 spiro atoms. The molecular weight excluding hydrogens is 479 g/mol. The average Bonchev–Trinajstić information content (AvgIpc) is 3.36. The number of para-hydroxylation sites is 1. The average molecular weight is 514 g/mol. The lowest BCUT2D eigenvalue weighted by Crippen LogP contribution is -2.41. The summed E-state index contributed by atoms with van der Waals surface area (Å²) in [5.41, 5.74) is 4.02. The molecule has 0 radical (unpaired) electrons. The third-order valence-electron chi connectivity index (χ3n) is 5.53. The Kier molecular flexibility index (Phi) is 10.2. The third kappa shape index (κ3) is 6.33. The number of rotatable bonds is 9. The van der Waals surface area contributed by atoms with Gasteiger partial charge in [-0.3, -0.25) is 4.99 Å². The fraction of sp³-hybridized carbons (Fsp3) is 0.591. The van der Waals surface area contributed by atoms with Crippen LogP contribution in [0, 0.1) is 5.92 Å². The maximum absolute atomic E-state index is 5.69. The van der Waals surface area contributed by atoms with Gasteiger partial charge < -0.3 is 24.7 Å². The molecule has 2 aromatic rings. The van der Waals surface area contributed by atoms with E-state index in [-0.39, 0.29) is 24.0 Å². The standard InChI is InChI=1S/C22H34N4O2.HI/c1-4-18-6-5-7-20-19(14-25-21(18)20)8-10-24-22(23-2)26-11-9-17(15-26)16-28-13-12-27-3;/h5-7,14,17,25H,4,8-13,15-16H2,1-3H3,(H,23,24);1H. The number of aliphatic imine (C=N–C) groups is 1. The number of H-pyrrole nitrogens is 1. The van der Waals surface area contributed by atoms with E-state index in [9.17, 15) is 0 Å². The Balaban J connectivity index is 0.00000300. The number of fused-ring (bicyclic) bond motifs is 1. The lowest BCUT2D eigenvalue weighted by atomic mass is 10.1. The summed E-state index contributed by atoms with van der Waals surface area (Å²) < 4.78 is 10.7. The third-order valence-corrected chi connectivity index (χ3v) is 5.53. The second-order valence-corrected chi connectivity index (χ2v) is 7.40. The van der Waals surface area contributed by atoms with Gasteiger partial charge in [0.1, 0.15) is 0 Å². The van der Waals surface area contributed by atoms with Crippen molar-refractivity contribution in [3.8, 4) is 0 Å². The first-order valence-corrected chi connectivity index (χ1v) is 10.4. The van der Waals surface area contributed by atoms with Crippen molar-refractivity contribution in [1.29, 1.82) is 0 Å². The van der Waals surface area contributed by atoms with Crippen molar-refractivity contribution in [2.24, 2.45) is 10.9 Å². The van der Waals surface area contributed by atoms with E-state index in [0.717, 1.165) is 51.5 Å². The van der Waals surface area contributed by atoms with Gasteiger partial charge in [0.15, 0.2) is 5.96 Å². The van der Waals surface area contributed by atoms with E-state index in [1.807, 2.05) is 7.05 Å². The number of nitrogens with one attached hydrogen (secondary N) is 2. The predicted molar refractivity (Wildman–Crippen MR) is 131 cm³/mol. The Morgan fingerprint density at radius 3 is 2.93 bits per heavy atom. The highest BCUT2D eigenvalue weighted by molar-refractivity contribution is 14.0. The number of ether oxygens (including phenoxy) is 2. The first-order valence-electron chi connectivity index (χ1n) is 10.4. The number of nitrogens with zero attached hydrogens (tertiary/aromatic N) is 2. The molecule has 0 amide bonds. The van der Waals surface area contributed by atoms with E-state index >= 15 is 0 Å². The predicted octanol–water partition coefficient (Wildman–Crippen LogP) is 3.45. The molecule has 1 aromatic carbocycles. The fourth-order valence-electron chi connectivity index (χ4n) is 3.97. The van der Waals surface area contributed by atoms with Gasteiger partial charge in [0.05, 0.1) is 19.8 Å². The molecule has 0 saturated carbocycles. The molecule has 1 unspecified atom stereocenters. The molecule has 1 fully saturated rings. The van der Waals surface area contributed by atoms with E-state index in [4.69, 9.17) is 9.47 Å². The van der Waals surface area contributed by atoms with Crippen molar-refractivity contribution in [2.75, 3.05) is 53.6 Å². The Hall–Kier alpha value is -1.32.